The van der Waals surface area contributed by atoms with Crippen molar-refractivity contribution in [1.82, 2.24) is 9.78 Å². The zero-order chi connectivity index (χ0) is 18.9. The summed E-state index contributed by atoms with van der Waals surface area (Å²) in [6.45, 7) is 1.70. The number of benzene rings is 1. The molecule has 0 spiro atoms. The van der Waals surface area contributed by atoms with Gasteiger partial charge in [-0.1, -0.05) is 0 Å². The predicted octanol–water partition coefficient (Wildman–Crippen LogP) is 3.80. The van der Waals surface area contributed by atoms with Gasteiger partial charge in [0, 0.05) is 19.2 Å². The van der Waals surface area contributed by atoms with Crippen molar-refractivity contribution in [3.8, 4) is 0 Å². The van der Waals surface area contributed by atoms with Gasteiger partial charge in [-0.3, -0.25) is 9.48 Å². The third-order valence-corrected chi connectivity index (χ3v) is 3.14. The van der Waals surface area contributed by atoms with Gasteiger partial charge in [-0.25, -0.2) is 17.6 Å². The van der Waals surface area contributed by atoms with Gasteiger partial charge >= 0.3 is 6.18 Å². The summed E-state index contributed by atoms with van der Waals surface area (Å²) < 4.78 is 92.9. The maximum atomic E-state index is 13.6. The molecular weight excluding hydrogens is 359 g/mol. The van der Waals surface area contributed by atoms with Crippen LogP contribution in [0.5, 0.6) is 0 Å². The Kier molecular flexibility index (Phi) is 5.04. The Bertz CT molecular complexity index is 784. The minimum absolute atomic E-state index is 0.0193. The van der Waals surface area contributed by atoms with Crippen LogP contribution in [0, 0.1) is 30.2 Å². The number of rotatable bonds is 4. The summed E-state index contributed by atoms with van der Waals surface area (Å²) in [5.74, 6) is -11.0. The van der Waals surface area contributed by atoms with Crippen LogP contribution in [0.4, 0.5) is 36.4 Å². The van der Waals surface area contributed by atoms with Crippen LogP contribution in [0.2, 0.25) is 0 Å². The minimum Gasteiger partial charge on any atom is -0.321 e. The highest BCUT2D eigenvalue weighted by atomic mass is 19.4. The van der Waals surface area contributed by atoms with E-state index in [9.17, 15) is 35.5 Å². The van der Waals surface area contributed by atoms with Crippen LogP contribution in [0.25, 0.3) is 0 Å². The quantitative estimate of drug-likeness (QED) is 0.658. The second kappa shape index (κ2) is 6.73. The molecule has 0 radical (unpaired) electrons. The number of anilines is 1. The lowest BCUT2D eigenvalue weighted by molar-refractivity contribution is -0.143. The van der Waals surface area contributed by atoms with Gasteiger partial charge in [0.05, 0.1) is 6.20 Å². The van der Waals surface area contributed by atoms with E-state index >= 15 is 0 Å². The monoisotopic (exact) mass is 369 g/mol. The highest BCUT2D eigenvalue weighted by molar-refractivity contribution is 5.91. The summed E-state index contributed by atoms with van der Waals surface area (Å²) in [5, 5.41) is 5.38. The molecule has 25 heavy (non-hydrogen) atoms. The summed E-state index contributed by atoms with van der Waals surface area (Å²) in [6, 6.07) is 0. The van der Waals surface area contributed by atoms with Crippen molar-refractivity contribution >= 4 is 11.6 Å². The van der Waals surface area contributed by atoms with Gasteiger partial charge in [0.25, 0.3) is 0 Å². The maximum Gasteiger partial charge on any atom is 0.422 e. The van der Waals surface area contributed by atoms with Gasteiger partial charge in [-0.2, -0.15) is 18.3 Å². The first-order valence-electron chi connectivity index (χ1n) is 6.74. The molecule has 1 aromatic carbocycles. The lowest BCUT2D eigenvalue weighted by Gasteiger charge is -2.14. The largest absolute Gasteiger partial charge is 0.422 e. The molecule has 2 aromatic rings. The molecule has 1 heterocycles. The van der Waals surface area contributed by atoms with Crippen LogP contribution in [-0.4, -0.2) is 15.7 Å². The van der Waals surface area contributed by atoms with Crippen molar-refractivity contribution in [2.75, 3.05) is 5.32 Å². The molecule has 0 unspecified atom stereocenters. The van der Waals surface area contributed by atoms with Crippen LogP contribution in [0.1, 0.15) is 17.5 Å². The molecule has 0 aliphatic heterocycles. The summed E-state index contributed by atoms with van der Waals surface area (Å²) >= 11 is 0. The molecule has 0 fully saturated rings. The highest BCUT2D eigenvalue weighted by Crippen LogP contribution is 2.38. The number of halogens is 7. The molecule has 0 saturated heterocycles. The standard InChI is InChI=1S/C14H10F7N3O/c1-6-4-22-24(5-6)3-2-7(25)23-13-11(17)9(15)8(14(19,20)21)10(16)12(13)18/h4-5H,2-3H2,1H3,(H,23,25). The van der Waals surface area contributed by atoms with E-state index in [2.05, 4.69) is 5.10 Å². The van der Waals surface area contributed by atoms with Crippen molar-refractivity contribution in [3.63, 3.8) is 0 Å². The van der Waals surface area contributed by atoms with Crippen LogP contribution >= 0.6 is 0 Å². The average Bonchev–Trinajstić information content (AvgIpc) is 2.92. The van der Waals surface area contributed by atoms with Gasteiger partial charge < -0.3 is 5.32 Å². The number of aryl methyl sites for hydroxylation is 2. The number of hydrogen-bond acceptors (Lipinski definition) is 2. The number of nitrogens with zero attached hydrogens (tertiary/aromatic N) is 2. The van der Waals surface area contributed by atoms with Crippen molar-refractivity contribution in [2.24, 2.45) is 0 Å². The number of alkyl halides is 3. The Morgan fingerprint density at radius 1 is 1.12 bits per heavy atom. The fourth-order valence-corrected chi connectivity index (χ4v) is 2.00. The molecule has 0 aliphatic carbocycles. The maximum absolute atomic E-state index is 13.6. The lowest BCUT2D eigenvalue weighted by Crippen LogP contribution is -2.21. The smallest absolute Gasteiger partial charge is 0.321 e. The molecule has 1 N–H and O–H groups in total. The van der Waals surface area contributed by atoms with E-state index < -0.39 is 46.6 Å². The molecule has 2 rings (SSSR count). The zero-order valence-corrected chi connectivity index (χ0v) is 12.5. The van der Waals surface area contributed by atoms with E-state index in [1.807, 2.05) is 0 Å². The van der Waals surface area contributed by atoms with E-state index in [4.69, 9.17) is 0 Å². The fraction of sp³-hybridized carbons (Fsp3) is 0.286. The summed E-state index contributed by atoms with van der Waals surface area (Å²) in [7, 11) is 0. The Hall–Kier alpha value is -2.59. The first-order chi connectivity index (χ1) is 11.5. The number of amides is 1. The number of nitrogens with one attached hydrogen (secondary N) is 1. The van der Waals surface area contributed by atoms with E-state index in [0.717, 1.165) is 5.56 Å². The molecule has 0 aliphatic rings. The summed E-state index contributed by atoms with van der Waals surface area (Å²) in [5.41, 5.74) is -3.54. The molecule has 4 nitrogen and oxygen atoms in total. The van der Waals surface area contributed by atoms with E-state index in [-0.39, 0.29) is 13.0 Å². The number of carbonyl (C=O) groups is 1. The van der Waals surface area contributed by atoms with Crippen LogP contribution in [0.15, 0.2) is 12.4 Å². The number of carbonyl (C=O) groups excluding carboxylic acids is 1. The molecule has 0 saturated carbocycles. The van der Waals surface area contributed by atoms with Crippen molar-refractivity contribution in [2.45, 2.75) is 26.1 Å². The average molecular weight is 369 g/mol. The Balaban J connectivity index is 2.23. The van der Waals surface area contributed by atoms with Crippen molar-refractivity contribution in [1.29, 1.82) is 0 Å². The predicted molar refractivity (Wildman–Crippen MR) is 71.5 cm³/mol. The summed E-state index contributed by atoms with van der Waals surface area (Å²) in [4.78, 5) is 11.6. The molecule has 11 heteroatoms. The molecule has 1 aromatic heterocycles. The van der Waals surface area contributed by atoms with Gasteiger partial charge in [0.2, 0.25) is 5.91 Å². The van der Waals surface area contributed by atoms with Gasteiger partial charge in [0.15, 0.2) is 23.3 Å². The minimum atomic E-state index is -5.64. The molecule has 0 atom stereocenters. The second-order valence-corrected chi connectivity index (χ2v) is 5.08. The topological polar surface area (TPSA) is 46.9 Å². The van der Waals surface area contributed by atoms with E-state index in [1.54, 1.807) is 13.1 Å². The lowest BCUT2D eigenvalue weighted by atomic mass is 10.1. The fourth-order valence-electron chi connectivity index (χ4n) is 2.00. The number of aromatic nitrogens is 2. The number of hydrogen-bond donors (Lipinski definition) is 1. The van der Waals surface area contributed by atoms with Crippen molar-refractivity contribution in [3.05, 3.63) is 46.8 Å². The van der Waals surface area contributed by atoms with Gasteiger partial charge in [-0.05, 0) is 12.5 Å². The first kappa shape index (κ1) is 18.7. The second-order valence-electron chi connectivity index (χ2n) is 5.08. The first-order valence-corrected chi connectivity index (χ1v) is 6.74. The Labute approximate surface area is 136 Å². The van der Waals surface area contributed by atoms with Crippen LogP contribution in [0.3, 0.4) is 0 Å². The normalized spacial score (nSPS) is 11.7. The van der Waals surface area contributed by atoms with E-state index in [0.29, 0.717) is 0 Å². The van der Waals surface area contributed by atoms with Crippen LogP contribution in [-0.2, 0) is 17.5 Å². The summed E-state index contributed by atoms with van der Waals surface area (Å²) in [6.07, 6.45) is -2.98. The Morgan fingerprint density at radius 3 is 2.12 bits per heavy atom. The Morgan fingerprint density at radius 2 is 1.68 bits per heavy atom. The van der Waals surface area contributed by atoms with Gasteiger partial charge in [-0.15, -0.1) is 0 Å². The SMILES string of the molecule is Cc1cnn(CCC(=O)Nc2c(F)c(F)c(C(F)(F)F)c(F)c2F)c1. The molecular formula is C14H10F7N3O. The third-order valence-electron chi connectivity index (χ3n) is 3.14. The van der Waals surface area contributed by atoms with Gasteiger partial charge in [0.1, 0.15) is 11.3 Å². The third kappa shape index (κ3) is 3.91. The molecule has 1 amide bonds. The zero-order valence-electron chi connectivity index (χ0n) is 12.5. The van der Waals surface area contributed by atoms with Crippen LogP contribution < -0.4 is 5.32 Å². The highest BCUT2D eigenvalue weighted by Gasteiger charge is 2.42. The molecule has 136 valence electrons. The van der Waals surface area contributed by atoms with E-state index in [1.165, 1.54) is 16.2 Å². The van der Waals surface area contributed by atoms with Crippen molar-refractivity contribution < 1.29 is 35.5 Å². The molecule has 0 bridgehead atoms.